The number of halogens is 4. The third kappa shape index (κ3) is 4.82. The zero-order chi connectivity index (χ0) is 18.6. The number of alkyl halides is 3. The molecule has 25 heavy (non-hydrogen) atoms. The van der Waals surface area contributed by atoms with Gasteiger partial charge >= 0.3 is 12.1 Å². The van der Waals surface area contributed by atoms with E-state index in [1.54, 1.807) is 6.92 Å². The number of hydrogen-bond acceptors (Lipinski definition) is 4. The molecule has 0 aliphatic heterocycles. The fourth-order valence-electron chi connectivity index (χ4n) is 1.83. The van der Waals surface area contributed by atoms with E-state index in [0.717, 1.165) is 0 Å². The van der Waals surface area contributed by atoms with Crippen molar-refractivity contribution < 1.29 is 36.9 Å². The summed E-state index contributed by atoms with van der Waals surface area (Å²) < 4.78 is 61.4. The molecule has 0 amide bonds. The molecular formula is C16H13F4NO4. The maximum atomic E-state index is 13.7. The minimum Gasteiger partial charge on any atom is -0.479 e. The van der Waals surface area contributed by atoms with Gasteiger partial charge in [0, 0.05) is 6.20 Å². The zero-order valence-electron chi connectivity index (χ0n) is 12.9. The third-order valence-electron chi connectivity index (χ3n) is 3.10. The molecule has 0 aliphatic carbocycles. The Kier molecular flexibility index (Phi) is 5.45. The van der Waals surface area contributed by atoms with E-state index in [1.165, 1.54) is 24.3 Å². The molecule has 0 fully saturated rings. The van der Waals surface area contributed by atoms with Crippen molar-refractivity contribution in [3.8, 4) is 17.4 Å². The van der Waals surface area contributed by atoms with E-state index >= 15 is 0 Å². The summed E-state index contributed by atoms with van der Waals surface area (Å²) >= 11 is 0. The molecular weight excluding hydrogens is 346 g/mol. The van der Waals surface area contributed by atoms with Crippen molar-refractivity contribution in [1.29, 1.82) is 0 Å². The summed E-state index contributed by atoms with van der Waals surface area (Å²) in [6.45, 7) is 1.65. The molecule has 1 heterocycles. The molecule has 1 aromatic carbocycles. The second-order valence-electron chi connectivity index (χ2n) is 4.94. The molecule has 0 aliphatic rings. The molecule has 1 atom stereocenters. The fourth-order valence-corrected chi connectivity index (χ4v) is 1.83. The van der Waals surface area contributed by atoms with Gasteiger partial charge in [0.25, 0.3) is 5.88 Å². The Morgan fingerprint density at radius 3 is 2.32 bits per heavy atom. The minimum atomic E-state index is -4.70. The van der Waals surface area contributed by atoms with Gasteiger partial charge in [0.15, 0.2) is 11.9 Å². The number of benzene rings is 1. The van der Waals surface area contributed by atoms with E-state index in [9.17, 15) is 22.4 Å². The van der Waals surface area contributed by atoms with E-state index in [4.69, 9.17) is 14.6 Å². The summed E-state index contributed by atoms with van der Waals surface area (Å²) in [6, 6.07) is 5.77. The molecule has 0 spiro atoms. The Hall–Kier alpha value is -2.84. The van der Waals surface area contributed by atoms with Crippen LogP contribution >= 0.6 is 0 Å². The van der Waals surface area contributed by atoms with Crippen LogP contribution in [0, 0.1) is 5.82 Å². The highest BCUT2D eigenvalue weighted by molar-refractivity contribution is 5.72. The maximum absolute atomic E-state index is 13.7. The number of aliphatic carboxylic acids is 1. The monoisotopic (exact) mass is 359 g/mol. The Morgan fingerprint density at radius 2 is 1.84 bits per heavy atom. The van der Waals surface area contributed by atoms with Crippen LogP contribution in [0.3, 0.4) is 0 Å². The topological polar surface area (TPSA) is 68.7 Å². The van der Waals surface area contributed by atoms with Gasteiger partial charge in [-0.1, -0.05) is 6.92 Å². The number of pyridine rings is 1. The number of hydrogen-bond donors (Lipinski definition) is 1. The van der Waals surface area contributed by atoms with Crippen LogP contribution in [0.2, 0.25) is 0 Å². The first-order valence-electron chi connectivity index (χ1n) is 7.10. The lowest BCUT2D eigenvalue weighted by atomic mass is 10.2. The molecule has 134 valence electrons. The van der Waals surface area contributed by atoms with Gasteiger partial charge in [-0.3, -0.25) is 0 Å². The average molecular weight is 359 g/mol. The standard InChI is InChI=1S/C16H13F4NO4/c1-2-13(15(22)23)24-10-3-5-11(6-4-10)25-14-12(17)7-9(8-21-14)16(18,19)20/h3-8,13H,2H2,1H3,(H,22,23). The van der Waals surface area contributed by atoms with Crippen molar-refractivity contribution in [2.45, 2.75) is 25.6 Å². The number of carbonyl (C=O) groups is 1. The second kappa shape index (κ2) is 7.37. The van der Waals surface area contributed by atoms with Crippen molar-refractivity contribution in [2.75, 3.05) is 0 Å². The number of rotatable bonds is 6. The van der Waals surface area contributed by atoms with Crippen molar-refractivity contribution in [3.63, 3.8) is 0 Å². The van der Waals surface area contributed by atoms with E-state index in [0.29, 0.717) is 12.3 Å². The van der Waals surface area contributed by atoms with E-state index < -0.39 is 35.5 Å². The molecule has 1 unspecified atom stereocenters. The van der Waals surface area contributed by atoms with Crippen LogP contribution in [0.4, 0.5) is 17.6 Å². The number of aromatic nitrogens is 1. The predicted molar refractivity (Wildman–Crippen MR) is 78.1 cm³/mol. The quantitative estimate of drug-likeness (QED) is 0.780. The molecule has 1 aromatic heterocycles. The van der Waals surface area contributed by atoms with Gasteiger partial charge in [-0.25, -0.2) is 14.2 Å². The van der Waals surface area contributed by atoms with Crippen molar-refractivity contribution in [1.82, 2.24) is 4.98 Å². The Morgan fingerprint density at radius 1 is 1.24 bits per heavy atom. The third-order valence-corrected chi connectivity index (χ3v) is 3.10. The summed E-state index contributed by atoms with van der Waals surface area (Å²) in [6.07, 6.45) is -4.99. The molecule has 2 aromatic rings. The first-order valence-corrected chi connectivity index (χ1v) is 7.10. The van der Waals surface area contributed by atoms with Gasteiger partial charge < -0.3 is 14.6 Å². The van der Waals surface area contributed by atoms with Crippen LogP contribution in [0.15, 0.2) is 36.5 Å². The fraction of sp³-hybridized carbons (Fsp3) is 0.250. The van der Waals surface area contributed by atoms with Gasteiger partial charge in [-0.05, 0) is 36.8 Å². The molecule has 0 bridgehead atoms. The summed E-state index contributed by atoms with van der Waals surface area (Å²) in [4.78, 5) is 14.2. The largest absolute Gasteiger partial charge is 0.479 e. The lowest BCUT2D eigenvalue weighted by molar-refractivity contribution is -0.145. The molecule has 9 heteroatoms. The van der Waals surface area contributed by atoms with Crippen molar-refractivity contribution in [3.05, 3.63) is 47.9 Å². The Labute approximate surface area is 139 Å². The van der Waals surface area contributed by atoms with Crippen LogP contribution in [0.1, 0.15) is 18.9 Å². The summed E-state index contributed by atoms with van der Waals surface area (Å²) in [5.41, 5.74) is -1.22. The van der Waals surface area contributed by atoms with E-state index in [-0.39, 0.29) is 17.9 Å². The zero-order valence-corrected chi connectivity index (χ0v) is 12.9. The number of carboxylic acid groups (broad SMARTS) is 1. The molecule has 0 saturated carbocycles. The maximum Gasteiger partial charge on any atom is 0.417 e. The lowest BCUT2D eigenvalue weighted by Gasteiger charge is -2.13. The van der Waals surface area contributed by atoms with Gasteiger partial charge in [-0.15, -0.1) is 0 Å². The smallest absolute Gasteiger partial charge is 0.417 e. The molecule has 0 radical (unpaired) electrons. The second-order valence-corrected chi connectivity index (χ2v) is 4.94. The predicted octanol–water partition coefficient (Wildman–Crippen LogP) is 4.27. The first-order chi connectivity index (χ1) is 11.7. The summed E-state index contributed by atoms with van der Waals surface area (Å²) in [7, 11) is 0. The number of nitrogens with zero attached hydrogens (tertiary/aromatic N) is 1. The Balaban J connectivity index is 2.10. The summed E-state index contributed by atoms with van der Waals surface area (Å²) in [5, 5.41) is 8.91. The Bertz CT molecular complexity index is 747. The lowest BCUT2D eigenvalue weighted by Crippen LogP contribution is -2.25. The number of ether oxygens (including phenoxy) is 2. The SMILES string of the molecule is CCC(Oc1ccc(Oc2ncc(C(F)(F)F)cc2F)cc1)C(=O)O. The van der Waals surface area contributed by atoms with Gasteiger partial charge in [0.2, 0.25) is 0 Å². The van der Waals surface area contributed by atoms with E-state index in [2.05, 4.69) is 4.98 Å². The van der Waals surface area contributed by atoms with Gasteiger partial charge in [0.05, 0.1) is 5.56 Å². The van der Waals surface area contributed by atoms with Crippen LogP contribution in [-0.4, -0.2) is 22.2 Å². The first kappa shape index (κ1) is 18.5. The minimum absolute atomic E-state index is 0.0990. The van der Waals surface area contributed by atoms with Crippen molar-refractivity contribution in [2.24, 2.45) is 0 Å². The highest BCUT2D eigenvalue weighted by Crippen LogP contribution is 2.32. The van der Waals surface area contributed by atoms with Crippen LogP contribution in [-0.2, 0) is 11.0 Å². The summed E-state index contributed by atoms with van der Waals surface area (Å²) in [5.74, 6) is -2.63. The van der Waals surface area contributed by atoms with Gasteiger partial charge in [0.1, 0.15) is 11.5 Å². The molecule has 2 rings (SSSR count). The van der Waals surface area contributed by atoms with Gasteiger partial charge in [-0.2, -0.15) is 13.2 Å². The molecule has 1 N–H and O–H groups in total. The average Bonchev–Trinajstić information content (AvgIpc) is 2.54. The number of carboxylic acids is 1. The highest BCUT2D eigenvalue weighted by Gasteiger charge is 2.32. The molecule has 0 saturated heterocycles. The van der Waals surface area contributed by atoms with Crippen molar-refractivity contribution >= 4 is 5.97 Å². The van der Waals surface area contributed by atoms with Crippen LogP contribution in [0.25, 0.3) is 0 Å². The highest BCUT2D eigenvalue weighted by atomic mass is 19.4. The van der Waals surface area contributed by atoms with Crippen LogP contribution in [0.5, 0.6) is 17.4 Å². The normalized spacial score (nSPS) is 12.5. The van der Waals surface area contributed by atoms with Crippen LogP contribution < -0.4 is 9.47 Å². The van der Waals surface area contributed by atoms with E-state index in [1.807, 2.05) is 0 Å². The molecule has 5 nitrogen and oxygen atoms in total.